The number of amides is 3. The molecule has 2 fully saturated rings. The number of H-pyrrole nitrogens is 1. The van der Waals surface area contributed by atoms with Crippen LogP contribution in [-0.2, 0) is 25.5 Å². The number of aromatic nitrogens is 2. The highest BCUT2D eigenvalue weighted by atomic mass is 16.5. The molecule has 4 rings (SSSR count). The van der Waals surface area contributed by atoms with Crippen LogP contribution in [0.15, 0.2) is 36.5 Å². The summed E-state index contributed by atoms with van der Waals surface area (Å²) in [6, 6.07) is 8.88. The average molecular weight is 524 g/mol. The molecule has 3 heterocycles. The number of carbonyl (C=O) groups is 3. The number of imidazole rings is 1. The molecule has 2 aliphatic rings. The van der Waals surface area contributed by atoms with Crippen LogP contribution in [0.2, 0.25) is 0 Å². The number of nitrogens with zero attached hydrogens (tertiary/aromatic N) is 2. The highest BCUT2D eigenvalue weighted by molar-refractivity contribution is 5.92. The van der Waals surface area contributed by atoms with Gasteiger partial charge in [-0.1, -0.05) is 30.3 Å². The molecule has 1 aromatic carbocycles. The van der Waals surface area contributed by atoms with Crippen LogP contribution in [0.25, 0.3) is 0 Å². The zero-order valence-corrected chi connectivity index (χ0v) is 22.6. The van der Waals surface area contributed by atoms with Gasteiger partial charge in [0.25, 0.3) is 0 Å². The van der Waals surface area contributed by atoms with Crippen molar-refractivity contribution in [2.75, 3.05) is 19.8 Å². The van der Waals surface area contributed by atoms with Gasteiger partial charge < -0.3 is 25.3 Å². The zero-order valence-electron chi connectivity index (χ0n) is 22.6. The van der Waals surface area contributed by atoms with Gasteiger partial charge in [-0.25, -0.2) is 4.98 Å². The third-order valence-electron chi connectivity index (χ3n) is 7.62. The summed E-state index contributed by atoms with van der Waals surface area (Å²) in [5.74, 6) is 0.187. The minimum absolute atomic E-state index is 0.0557. The lowest BCUT2D eigenvalue weighted by molar-refractivity contribution is -0.138. The van der Waals surface area contributed by atoms with Crippen LogP contribution in [0.5, 0.6) is 0 Å². The summed E-state index contributed by atoms with van der Waals surface area (Å²) in [6.45, 7) is 5.89. The van der Waals surface area contributed by atoms with Crippen molar-refractivity contribution >= 4 is 17.7 Å². The van der Waals surface area contributed by atoms with Crippen molar-refractivity contribution in [1.82, 2.24) is 25.5 Å². The summed E-state index contributed by atoms with van der Waals surface area (Å²) in [7, 11) is 0. The first-order chi connectivity index (χ1) is 18.4. The number of piperidine rings is 1. The van der Waals surface area contributed by atoms with Crippen molar-refractivity contribution in [1.29, 1.82) is 0 Å². The third-order valence-corrected chi connectivity index (χ3v) is 7.62. The van der Waals surface area contributed by atoms with Crippen LogP contribution in [0.1, 0.15) is 81.9 Å². The number of likely N-dealkylation sites (tertiary alicyclic amines) is 1. The van der Waals surface area contributed by atoms with Gasteiger partial charge in [0, 0.05) is 50.5 Å². The first kappa shape index (κ1) is 27.8. The summed E-state index contributed by atoms with van der Waals surface area (Å²) in [4.78, 5) is 49.1. The maximum atomic E-state index is 13.4. The van der Waals surface area contributed by atoms with Crippen molar-refractivity contribution < 1.29 is 19.1 Å². The van der Waals surface area contributed by atoms with Crippen molar-refractivity contribution in [2.45, 2.75) is 83.3 Å². The Morgan fingerprint density at radius 2 is 1.87 bits per heavy atom. The van der Waals surface area contributed by atoms with Crippen LogP contribution in [0.3, 0.4) is 0 Å². The van der Waals surface area contributed by atoms with Gasteiger partial charge in [0.05, 0.1) is 12.5 Å². The molecule has 3 atom stereocenters. The number of hydrogen-bond acceptors (Lipinski definition) is 5. The lowest BCUT2D eigenvalue weighted by Gasteiger charge is -2.34. The number of rotatable bonds is 10. The third kappa shape index (κ3) is 7.90. The monoisotopic (exact) mass is 523 g/mol. The van der Waals surface area contributed by atoms with Crippen LogP contribution in [-0.4, -0.2) is 64.4 Å². The van der Waals surface area contributed by atoms with E-state index in [1.54, 1.807) is 6.20 Å². The zero-order chi connectivity index (χ0) is 26.9. The molecular weight excluding hydrogens is 482 g/mol. The van der Waals surface area contributed by atoms with E-state index in [4.69, 9.17) is 4.74 Å². The van der Waals surface area contributed by atoms with Gasteiger partial charge in [-0.15, -0.1) is 0 Å². The standard InChI is InChI=1S/C29H41N5O4/c1-20-8-6-7-13-34(20)27(36)18-25(33-26(35)17-23-11-14-38-15-12-23)29(37)31-21(2)28-30-19-24(32-28)16-22-9-4-3-5-10-22/h3-5,9-10,19-21,23,25H,6-8,11-18H2,1-2H3,(H,30,32)(H,31,37)(H,33,35)/t20-,21-,25-/m0/s1. The van der Waals surface area contributed by atoms with E-state index >= 15 is 0 Å². The predicted octanol–water partition coefficient (Wildman–Crippen LogP) is 3.27. The highest BCUT2D eigenvalue weighted by Gasteiger charge is 2.31. The Morgan fingerprint density at radius 1 is 1.11 bits per heavy atom. The molecule has 0 saturated carbocycles. The molecule has 2 aromatic rings. The first-order valence-corrected chi connectivity index (χ1v) is 13.9. The second-order valence-corrected chi connectivity index (χ2v) is 10.7. The van der Waals surface area contributed by atoms with E-state index in [0.29, 0.717) is 38.4 Å². The minimum Gasteiger partial charge on any atom is -0.381 e. The largest absolute Gasteiger partial charge is 0.381 e. The fraction of sp³-hybridized carbons (Fsp3) is 0.586. The smallest absolute Gasteiger partial charge is 0.243 e. The molecule has 0 aliphatic carbocycles. The maximum Gasteiger partial charge on any atom is 0.243 e. The molecule has 206 valence electrons. The Bertz CT molecular complexity index is 1070. The Balaban J connectivity index is 1.39. The van der Waals surface area contributed by atoms with Crippen molar-refractivity contribution in [3.8, 4) is 0 Å². The highest BCUT2D eigenvalue weighted by Crippen LogP contribution is 2.20. The molecule has 0 spiro atoms. The van der Waals surface area contributed by atoms with E-state index in [9.17, 15) is 14.4 Å². The molecule has 1 aromatic heterocycles. The van der Waals surface area contributed by atoms with E-state index in [1.165, 1.54) is 0 Å². The van der Waals surface area contributed by atoms with Crippen molar-refractivity contribution in [3.63, 3.8) is 0 Å². The summed E-state index contributed by atoms with van der Waals surface area (Å²) in [5.41, 5.74) is 2.11. The van der Waals surface area contributed by atoms with Crippen LogP contribution in [0, 0.1) is 5.92 Å². The number of aromatic amines is 1. The number of carbonyl (C=O) groups excluding carboxylic acids is 3. The van der Waals surface area contributed by atoms with E-state index in [0.717, 1.165) is 43.4 Å². The van der Waals surface area contributed by atoms with Crippen molar-refractivity contribution in [3.05, 3.63) is 53.6 Å². The summed E-state index contributed by atoms with van der Waals surface area (Å²) >= 11 is 0. The van der Waals surface area contributed by atoms with Gasteiger partial charge in [-0.2, -0.15) is 0 Å². The number of hydrogen-bond donors (Lipinski definition) is 3. The molecule has 0 bridgehead atoms. The Morgan fingerprint density at radius 3 is 2.61 bits per heavy atom. The first-order valence-electron chi connectivity index (χ1n) is 13.9. The topological polar surface area (TPSA) is 116 Å². The predicted molar refractivity (Wildman–Crippen MR) is 144 cm³/mol. The molecule has 2 aliphatic heterocycles. The molecule has 9 nitrogen and oxygen atoms in total. The van der Waals surface area contributed by atoms with Gasteiger partial charge >= 0.3 is 0 Å². The lowest BCUT2D eigenvalue weighted by atomic mass is 9.96. The van der Waals surface area contributed by atoms with Crippen LogP contribution < -0.4 is 10.6 Å². The Hall–Kier alpha value is -3.20. The molecule has 0 unspecified atom stereocenters. The maximum absolute atomic E-state index is 13.4. The quantitative estimate of drug-likeness (QED) is 0.442. The van der Waals surface area contributed by atoms with Gasteiger partial charge in [0.1, 0.15) is 11.9 Å². The van der Waals surface area contributed by atoms with Gasteiger partial charge in [0.2, 0.25) is 17.7 Å². The molecule has 38 heavy (non-hydrogen) atoms. The minimum atomic E-state index is -0.940. The molecule has 2 saturated heterocycles. The van der Waals surface area contributed by atoms with Crippen LogP contribution >= 0.6 is 0 Å². The van der Waals surface area contributed by atoms with E-state index in [2.05, 4.69) is 32.7 Å². The fourth-order valence-corrected chi connectivity index (χ4v) is 5.32. The molecular formula is C29H41N5O4. The van der Waals surface area contributed by atoms with Gasteiger partial charge in [0.15, 0.2) is 0 Å². The Labute approximate surface area is 225 Å². The second-order valence-electron chi connectivity index (χ2n) is 10.7. The average Bonchev–Trinajstić information content (AvgIpc) is 3.38. The molecule has 9 heteroatoms. The second kappa shape index (κ2) is 13.6. The molecule has 0 radical (unpaired) electrons. The van der Waals surface area contributed by atoms with E-state index < -0.39 is 12.1 Å². The van der Waals surface area contributed by atoms with Crippen LogP contribution in [0.4, 0.5) is 0 Å². The SMILES string of the molecule is C[C@H](NC(=O)[C@H](CC(=O)N1CCCC[C@@H]1C)NC(=O)CC1CCOCC1)c1ncc(Cc2ccccc2)[nH]1. The normalized spacial score (nSPS) is 19.9. The summed E-state index contributed by atoms with van der Waals surface area (Å²) in [5, 5.41) is 5.84. The molecule has 3 N–H and O–H groups in total. The molecule has 3 amide bonds. The van der Waals surface area contributed by atoms with Gasteiger partial charge in [-0.05, 0) is 57.4 Å². The Kier molecular flexibility index (Phi) is 9.92. The van der Waals surface area contributed by atoms with E-state index in [-0.39, 0.29) is 36.1 Å². The number of ether oxygens (including phenoxy) is 1. The number of nitrogens with one attached hydrogen (secondary N) is 3. The van der Waals surface area contributed by atoms with E-state index in [1.807, 2.05) is 36.9 Å². The van der Waals surface area contributed by atoms with Crippen molar-refractivity contribution in [2.24, 2.45) is 5.92 Å². The summed E-state index contributed by atoms with van der Waals surface area (Å²) < 4.78 is 5.40. The lowest BCUT2D eigenvalue weighted by Crippen LogP contribution is -2.51. The van der Waals surface area contributed by atoms with Gasteiger partial charge in [-0.3, -0.25) is 14.4 Å². The number of benzene rings is 1. The fourth-order valence-electron chi connectivity index (χ4n) is 5.32. The summed E-state index contributed by atoms with van der Waals surface area (Å²) in [6.07, 6.45) is 7.44.